The molecule has 0 spiro atoms. The Balaban J connectivity index is 4.58. The van der Waals surface area contributed by atoms with Crippen molar-refractivity contribution in [1.29, 1.82) is 0 Å². The summed E-state index contributed by atoms with van der Waals surface area (Å²) in [5.74, 6) is -0.365. The van der Waals surface area contributed by atoms with Crippen molar-refractivity contribution in [1.82, 2.24) is 0 Å². The highest BCUT2D eigenvalue weighted by Crippen LogP contribution is 2.16. The largest absolute Gasteiger partial charge is 0.207 e. The van der Waals surface area contributed by atoms with Gasteiger partial charge in [0.15, 0.2) is 0 Å². The van der Waals surface area contributed by atoms with Crippen molar-refractivity contribution >= 4 is 11.6 Å². The second-order valence-corrected chi connectivity index (χ2v) is 3.03. The van der Waals surface area contributed by atoms with Crippen LogP contribution in [0.2, 0.25) is 0 Å². The molecule has 0 fully saturated rings. The quantitative estimate of drug-likeness (QED) is 0.556. The summed E-state index contributed by atoms with van der Waals surface area (Å²) in [5.41, 5.74) is 1.28. The third-order valence-corrected chi connectivity index (χ3v) is 1.63. The van der Waals surface area contributed by atoms with Gasteiger partial charge >= 0.3 is 0 Å². The Hall–Kier alpha value is -0.560. The van der Waals surface area contributed by atoms with Crippen LogP contribution in [-0.2, 0) is 0 Å². The second-order valence-electron chi connectivity index (χ2n) is 2.62. The Bertz CT molecular complexity index is 220. The normalized spacial score (nSPS) is 11.2. The fourth-order valence-electron chi connectivity index (χ4n) is 0.379. The zero-order valence-electron chi connectivity index (χ0n) is 7.04. The van der Waals surface area contributed by atoms with E-state index in [2.05, 4.69) is 6.58 Å². The maximum absolute atomic E-state index is 12.8. The van der Waals surface area contributed by atoms with Crippen molar-refractivity contribution in [3.63, 3.8) is 0 Å². The predicted molar refractivity (Wildman–Crippen MR) is 48.2 cm³/mol. The monoisotopic (exact) mass is 174 g/mol. The van der Waals surface area contributed by atoms with Crippen molar-refractivity contribution < 1.29 is 4.39 Å². The second kappa shape index (κ2) is 4.35. The molecular formula is C9H12ClF. The van der Waals surface area contributed by atoms with Crippen LogP contribution in [0.25, 0.3) is 0 Å². The molecule has 0 unspecified atom stereocenters. The molecule has 0 radical (unpaired) electrons. The van der Waals surface area contributed by atoms with Gasteiger partial charge in [-0.2, -0.15) is 0 Å². The Kier molecular flexibility index (Phi) is 4.12. The highest BCUT2D eigenvalue weighted by Gasteiger charge is 1.96. The van der Waals surface area contributed by atoms with Gasteiger partial charge in [-0.25, -0.2) is 4.39 Å². The minimum Gasteiger partial charge on any atom is -0.207 e. The summed E-state index contributed by atoms with van der Waals surface area (Å²) in [7, 11) is 0. The van der Waals surface area contributed by atoms with Crippen LogP contribution in [-0.4, -0.2) is 0 Å². The van der Waals surface area contributed by atoms with E-state index in [4.69, 9.17) is 11.6 Å². The Morgan fingerprint density at radius 2 is 1.82 bits per heavy atom. The molecule has 0 saturated heterocycles. The van der Waals surface area contributed by atoms with Crippen LogP contribution < -0.4 is 0 Å². The zero-order valence-corrected chi connectivity index (χ0v) is 7.80. The van der Waals surface area contributed by atoms with Gasteiger partial charge in [-0.3, -0.25) is 0 Å². The van der Waals surface area contributed by atoms with Gasteiger partial charge < -0.3 is 0 Å². The number of rotatable bonds is 2. The molecule has 2 heteroatoms. The number of hydrogen-bond donors (Lipinski definition) is 0. The molecule has 0 aromatic carbocycles. The molecule has 0 atom stereocenters. The van der Waals surface area contributed by atoms with E-state index in [9.17, 15) is 4.39 Å². The van der Waals surface area contributed by atoms with Gasteiger partial charge in [-0.05, 0) is 32.4 Å². The van der Waals surface area contributed by atoms with Crippen LogP contribution in [0.15, 0.2) is 34.7 Å². The topological polar surface area (TPSA) is 0 Å². The molecule has 0 heterocycles. The Morgan fingerprint density at radius 1 is 1.36 bits per heavy atom. The molecule has 0 N–H and O–H groups in total. The lowest BCUT2D eigenvalue weighted by Crippen LogP contribution is -1.76. The predicted octanol–water partition coefficient (Wildman–Crippen LogP) is 3.95. The van der Waals surface area contributed by atoms with E-state index in [0.717, 1.165) is 5.57 Å². The molecule has 0 nitrogen and oxygen atoms in total. The summed E-state index contributed by atoms with van der Waals surface area (Å²) in [6.45, 7) is 8.69. The summed E-state index contributed by atoms with van der Waals surface area (Å²) in [5, 5.41) is 0.436. The molecule has 0 aliphatic carbocycles. The van der Waals surface area contributed by atoms with Crippen molar-refractivity contribution in [3.05, 3.63) is 34.7 Å². The highest BCUT2D eigenvalue weighted by molar-refractivity contribution is 6.31. The summed E-state index contributed by atoms with van der Waals surface area (Å²) in [4.78, 5) is 0. The van der Waals surface area contributed by atoms with Crippen molar-refractivity contribution in [2.45, 2.75) is 20.8 Å². The van der Waals surface area contributed by atoms with E-state index in [1.54, 1.807) is 6.92 Å². The summed E-state index contributed by atoms with van der Waals surface area (Å²) in [6, 6.07) is 0. The van der Waals surface area contributed by atoms with Gasteiger partial charge in [-0.15, -0.1) is 0 Å². The molecule has 0 aliphatic heterocycles. The summed E-state index contributed by atoms with van der Waals surface area (Å²) >= 11 is 5.68. The maximum Gasteiger partial charge on any atom is 0.127 e. The summed E-state index contributed by atoms with van der Waals surface area (Å²) in [6.07, 6.45) is 1.28. The summed E-state index contributed by atoms with van der Waals surface area (Å²) < 4.78 is 12.8. The minimum absolute atomic E-state index is 0.365. The average molecular weight is 175 g/mol. The third kappa shape index (κ3) is 3.99. The first-order valence-corrected chi connectivity index (χ1v) is 3.69. The lowest BCUT2D eigenvalue weighted by atomic mass is 10.2. The first-order valence-electron chi connectivity index (χ1n) is 3.31. The molecule has 0 saturated carbocycles. The van der Waals surface area contributed by atoms with E-state index in [-0.39, 0.29) is 5.83 Å². The molecule has 0 aromatic rings. The lowest BCUT2D eigenvalue weighted by molar-refractivity contribution is 0.652. The van der Waals surface area contributed by atoms with Gasteiger partial charge in [0.2, 0.25) is 0 Å². The Morgan fingerprint density at radius 3 is 2.09 bits per heavy atom. The van der Waals surface area contributed by atoms with Gasteiger partial charge in [0.1, 0.15) is 5.83 Å². The van der Waals surface area contributed by atoms with E-state index in [1.807, 2.05) is 13.8 Å². The van der Waals surface area contributed by atoms with Crippen LogP contribution in [0.1, 0.15) is 20.8 Å². The molecule has 0 rings (SSSR count). The smallest absolute Gasteiger partial charge is 0.127 e. The van der Waals surface area contributed by atoms with Crippen molar-refractivity contribution in [3.8, 4) is 0 Å². The van der Waals surface area contributed by atoms with Crippen LogP contribution >= 0.6 is 11.6 Å². The van der Waals surface area contributed by atoms with E-state index >= 15 is 0 Å². The number of hydrogen-bond acceptors (Lipinski definition) is 0. The van der Waals surface area contributed by atoms with Crippen LogP contribution in [0, 0.1) is 0 Å². The standard InChI is InChI=1S/C9H12ClF/c1-6(2)8(10)5-9(11)7(3)4/h5H,3H2,1-2,4H3/b9-5+. The molecule has 62 valence electrons. The van der Waals surface area contributed by atoms with Crippen LogP contribution in [0.3, 0.4) is 0 Å². The van der Waals surface area contributed by atoms with Gasteiger partial charge in [0, 0.05) is 5.03 Å². The average Bonchev–Trinajstić information content (AvgIpc) is 1.87. The van der Waals surface area contributed by atoms with E-state index in [0.29, 0.717) is 10.6 Å². The third-order valence-electron chi connectivity index (χ3n) is 1.14. The van der Waals surface area contributed by atoms with Gasteiger partial charge in [0.25, 0.3) is 0 Å². The molecule has 0 aliphatic rings. The first kappa shape index (κ1) is 10.4. The maximum atomic E-state index is 12.8. The van der Waals surface area contributed by atoms with Crippen LogP contribution in [0.4, 0.5) is 4.39 Å². The number of allylic oxidation sites excluding steroid dienone is 5. The number of halogens is 2. The lowest BCUT2D eigenvalue weighted by Gasteiger charge is -1.95. The molecular weight excluding hydrogens is 163 g/mol. The van der Waals surface area contributed by atoms with Gasteiger partial charge in [-0.1, -0.05) is 23.8 Å². The first-order chi connectivity index (χ1) is 4.95. The van der Waals surface area contributed by atoms with Crippen molar-refractivity contribution in [2.24, 2.45) is 0 Å². The Labute approximate surface area is 72.1 Å². The minimum atomic E-state index is -0.365. The SMILES string of the molecule is C=C(C)/C(F)=C\C(Cl)=C(C)C. The van der Waals surface area contributed by atoms with Crippen LogP contribution in [0.5, 0.6) is 0 Å². The van der Waals surface area contributed by atoms with E-state index in [1.165, 1.54) is 6.08 Å². The fraction of sp³-hybridized carbons (Fsp3) is 0.333. The zero-order chi connectivity index (χ0) is 9.02. The van der Waals surface area contributed by atoms with Gasteiger partial charge in [0.05, 0.1) is 0 Å². The molecule has 0 amide bonds. The van der Waals surface area contributed by atoms with E-state index < -0.39 is 0 Å². The fourth-order valence-corrected chi connectivity index (χ4v) is 0.475. The molecule has 11 heavy (non-hydrogen) atoms. The highest BCUT2D eigenvalue weighted by atomic mass is 35.5. The van der Waals surface area contributed by atoms with Crippen molar-refractivity contribution in [2.75, 3.05) is 0 Å². The molecule has 0 aromatic heterocycles. The molecule has 0 bridgehead atoms.